The molecule has 2 rings (SSSR count). The molecule has 0 aliphatic rings. The molecule has 2 aromatic rings. The van der Waals surface area contributed by atoms with Gasteiger partial charge in [-0.25, -0.2) is 0 Å². The van der Waals surface area contributed by atoms with E-state index in [0.717, 1.165) is 6.42 Å². The van der Waals surface area contributed by atoms with E-state index in [1.54, 1.807) is 24.3 Å². The number of ether oxygens (including phenoxy) is 3. The standard InChI is InChI=1S/C20H24N2O6/c1-4-9-28-15-7-8-18(19(13-15)22(24)25)21-20(23)14-10-16(26-5-2)12-17(11-14)27-6-3/h7-8,10-13H,4-6,9H2,1-3H3,(H,21,23). The molecule has 0 aliphatic carbocycles. The van der Waals surface area contributed by atoms with Crippen molar-refractivity contribution in [3.63, 3.8) is 0 Å². The van der Waals surface area contributed by atoms with Crippen LogP contribution in [0, 0.1) is 10.1 Å². The Kier molecular flexibility index (Phi) is 7.62. The van der Waals surface area contributed by atoms with Crippen molar-refractivity contribution in [1.82, 2.24) is 0 Å². The van der Waals surface area contributed by atoms with Gasteiger partial charge in [-0.1, -0.05) is 6.92 Å². The minimum Gasteiger partial charge on any atom is -0.494 e. The minimum absolute atomic E-state index is 0.0821. The zero-order valence-corrected chi connectivity index (χ0v) is 16.2. The second-order valence-electron chi connectivity index (χ2n) is 5.80. The van der Waals surface area contributed by atoms with E-state index < -0.39 is 10.8 Å². The van der Waals surface area contributed by atoms with Gasteiger partial charge in [0.05, 0.1) is 30.8 Å². The lowest BCUT2D eigenvalue weighted by atomic mass is 10.1. The van der Waals surface area contributed by atoms with Crippen LogP contribution >= 0.6 is 0 Å². The van der Waals surface area contributed by atoms with Crippen LogP contribution in [-0.2, 0) is 0 Å². The number of anilines is 1. The van der Waals surface area contributed by atoms with Crippen LogP contribution in [-0.4, -0.2) is 30.7 Å². The second-order valence-corrected chi connectivity index (χ2v) is 5.80. The van der Waals surface area contributed by atoms with Crippen molar-refractivity contribution in [1.29, 1.82) is 0 Å². The molecule has 0 saturated heterocycles. The van der Waals surface area contributed by atoms with Crippen LogP contribution in [0.4, 0.5) is 11.4 Å². The predicted octanol–water partition coefficient (Wildman–Crippen LogP) is 4.43. The van der Waals surface area contributed by atoms with E-state index in [0.29, 0.717) is 37.1 Å². The molecule has 0 aliphatic heterocycles. The Balaban J connectivity index is 2.29. The van der Waals surface area contributed by atoms with E-state index in [1.807, 2.05) is 20.8 Å². The Morgan fingerprint density at radius 1 is 0.964 bits per heavy atom. The van der Waals surface area contributed by atoms with E-state index in [1.165, 1.54) is 12.1 Å². The zero-order valence-electron chi connectivity index (χ0n) is 16.2. The van der Waals surface area contributed by atoms with Crippen LogP contribution in [0.5, 0.6) is 17.2 Å². The Labute approximate surface area is 163 Å². The van der Waals surface area contributed by atoms with Crippen molar-refractivity contribution in [2.24, 2.45) is 0 Å². The van der Waals surface area contributed by atoms with E-state index >= 15 is 0 Å². The molecule has 1 N–H and O–H groups in total. The fraction of sp³-hybridized carbons (Fsp3) is 0.350. The van der Waals surface area contributed by atoms with Gasteiger partial charge in [0.2, 0.25) is 0 Å². The van der Waals surface area contributed by atoms with Crippen molar-refractivity contribution >= 4 is 17.3 Å². The number of benzene rings is 2. The summed E-state index contributed by atoms with van der Waals surface area (Å²) in [5.74, 6) is 0.837. The molecule has 0 unspecified atom stereocenters. The number of nitrogens with one attached hydrogen (secondary N) is 1. The van der Waals surface area contributed by atoms with Gasteiger partial charge in [0.1, 0.15) is 22.9 Å². The van der Waals surface area contributed by atoms with Gasteiger partial charge in [-0.15, -0.1) is 0 Å². The number of hydrogen-bond donors (Lipinski definition) is 1. The summed E-state index contributed by atoms with van der Waals surface area (Å²) in [7, 11) is 0. The van der Waals surface area contributed by atoms with Crippen LogP contribution < -0.4 is 19.5 Å². The lowest BCUT2D eigenvalue weighted by Gasteiger charge is -2.12. The van der Waals surface area contributed by atoms with Crippen molar-refractivity contribution in [3.05, 3.63) is 52.1 Å². The first-order valence-corrected chi connectivity index (χ1v) is 9.11. The highest BCUT2D eigenvalue weighted by Gasteiger charge is 2.19. The van der Waals surface area contributed by atoms with Gasteiger partial charge in [-0.3, -0.25) is 14.9 Å². The molecule has 0 aromatic heterocycles. The third kappa shape index (κ3) is 5.60. The summed E-state index contributed by atoms with van der Waals surface area (Å²) in [6.45, 7) is 6.92. The van der Waals surface area contributed by atoms with E-state index in [-0.39, 0.29) is 16.9 Å². The average molecular weight is 388 g/mol. The third-order valence-electron chi connectivity index (χ3n) is 3.65. The highest BCUT2D eigenvalue weighted by Crippen LogP contribution is 2.30. The largest absolute Gasteiger partial charge is 0.494 e. The van der Waals surface area contributed by atoms with E-state index in [2.05, 4.69) is 5.32 Å². The summed E-state index contributed by atoms with van der Waals surface area (Å²) in [6.07, 6.45) is 0.782. The molecule has 0 radical (unpaired) electrons. The third-order valence-corrected chi connectivity index (χ3v) is 3.65. The van der Waals surface area contributed by atoms with Gasteiger partial charge in [0.15, 0.2) is 0 Å². The van der Waals surface area contributed by atoms with Crippen molar-refractivity contribution in [2.45, 2.75) is 27.2 Å². The summed E-state index contributed by atoms with van der Waals surface area (Å²) in [5.41, 5.74) is 0.113. The molecule has 0 saturated carbocycles. The van der Waals surface area contributed by atoms with Crippen molar-refractivity contribution in [3.8, 4) is 17.2 Å². The SMILES string of the molecule is CCCOc1ccc(NC(=O)c2cc(OCC)cc(OCC)c2)c([N+](=O)[O-])c1. The summed E-state index contributed by atoms with van der Waals surface area (Å²) in [6, 6.07) is 9.15. The molecule has 0 bridgehead atoms. The lowest BCUT2D eigenvalue weighted by Crippen LogP contribution is -2.14. The highest BCUT2D eigenvalue weighted by molar-refractivity contribution is 6.06. The predicted molar refractivity (Wildman–Crippen MR) is 106 cm³/mol. The van der Waals surface area contributed by atoms with Crippen molar-refractivity contribution < 1.29 is 23.9 Å². The molecular formula is C20H24N2O6. The van der Waals surface area contributed by atoms with Crippen molar-refractivity contribution in [2.75, 3.05) is 25.1 Å². The topological polar surface area (TPSA) is 99.9 Å². The molecule has 8 nitrogen and oxygen atoms in total. The van der Waals surface area contributed by atoms with Gasteiger partial charge in [-0.05, 0) is 44.5 Å². The maximum absolute atomic E-state index is 12.7. The highest BCUT2D eigenvalue weighted by atomic mass is 16.6. The fourth-order valence-electron chi connectivity index (χ4n) is 2.48. The number of carbonyl (C=O) groups excluding carboxylic acids is 1. The number of amides is 1. The number of carbonyl (C=O) groups is 1. The van der Waals surface area contributed by atoms with Crippen LogP contribution in [0.2, 0.25) is 0 Å². The molecule has 8 heteroatoms. The van der Waals surface area contributed by atoms with E-state index in [4.69, 9.17) is 14.2 Å². The van der Waals surface area contributed by atoms with E-state index in [9.17, 15) is 14.9 Å². The Bertz CT molecular complexity index is 813. The maximum atomic E-state index is 12.7. The maximum Gasteiger partial charge on any atom is 0.296 e. The average Bonchev–Trinajstić information content (AvgIpc) is 2.67. The Morgan fingerprint density at radius 3 is 2.14 bits per heavy atom. The monoisotopic (exact) mass is 388 g/mol. The first-order valence-electron chi connectivity index (χ1n) is 9.11. The molecule has 28 heavy (non-hydrogen) atoms. The molecule has 2 aromatic carbocycles. The molecule has 1 amide bonds. The smallest absolute Gasteiger partial charge is 0.296 e. The normalized spacial score (nSPS) is 10.2. The molecule has 0 heterocycles. The summed E-state index contributed by atoms with van der Waals surface area (Å²) in [4.78, 5) is 23.5. The molecular weight excluding hydrogens is 364 g/mol. The molecule has 0 spiro atoms. The number of hydrogen-bond acceptors (Lipinski definition) is 6. The molecule has 150 valence electrons. The van der Waals surface area contributed by atoms with Gasteiger partial charge in [0.25, 0.3) is 11.6 Å². The lowest BCUT2D eigenvalue weighted by molar-refractivity contribution is -0.384. The Hall–Kier alpha value is -3.29. The number of nitrogens with zero attached hydrogens (tertiary/aromatic N) is 1. The van der Waals surface area contributed by atoms with Crippen LogP contribution in [0.25, 0.3) is 0 Å². The van der Waals surface area contributed by atoms with Crippen LogP contribution in [0.1, 0.15) is 37.6 Å². The number of nitro groups is 1. The molecule has 0 atom stereocenters. The van der Waals surface area contributed by atoms with Crippen LogP contribution in [0.15, 0.2) is 36.4 Å². The first-order chi connectivity index (χ1) is 13.5. The minimum atomic E-state index is -0.559. The van der Waals surface area contributed by atoms with Crippen LogP contribution in [0.3, 0.4) is 0 Å². The summed E-state index contributed by atoms with van der Waals surface area (Å²) < 4.78 is 16.4. The van der Waals surface area contributed by atoms with Gasteiger partial charge < -0.3 is 19.5 Å². The summed E-state index contributed by atoms with van der Waals surface area (Å²) >= 11 is 0. The summed E-state index contributed by atoms with van der Waals surface area (Å²) in [5, 5.41) is 14.0. The fourth-order valence-corrected chi connectivity index (χ4v) is 2.48. The van der Waals surface area contributed by atoms with Gasteiger partial charge in [0, 0.05) is 11.6 Å². The zero-order chi connectivity index (χ0) is 20.5. The number of nitro benzene ring substituents is 1. The van der Waals surface area contributed by atoms with Gasteiger partial charge >= 0.3 is 0 Å². The Morgan fingerprint density at radius 2 is 1.61 bits per heavy atom. The quantitative estimate of drug-likeness (QED) is 0.477. The number of rotatable bonds is 10. The van der Waals surface area contributed by atoms with Gasteiger partial charge in [-0.2, -0.15) is 0 Å². The second kappa shape index (κ2) is 10.1. The first kappa shape index (κ1) is 21.0. The molecule has 0 fully saturated rings.